The highest BCUT2D eigenvalue weighted by Crippen LogP contribution is 2.19. The number of para-hydroxylation sites is 1. The topological polar surface area (TPSA) is 144 Å². The lowest BCUT2D eigenvalue weighted by Gasteiger charge is -2.22. The molecule has 2 aromatic rings. The van der Waals surface area contributed by atoms with Crippen LogP contribution in [-0.2, 0) is 14.4 Å². The number of hydrogen-bond acceptors (Lipinski definition) is 7. The van der Waals surface area contributed by atoms with Crippen molar-refractivity contribution in [1.82, 2.24) is 21.3 Å². The summed E-state index contributed by atoms with van der Waals surface area (Å²) in [5.41, 5.74) is 0.236. The number of benzene rings is 2. The van der Waals surface area contributed by atoms with Crippen LogP contribution in [-0.4, -0.2) is 69.1 Å². The van der Waals surface area contributed by atoms with Gasteiger partial charge in [0, 0.05) is 6.54 Å². The fraction of sp³-hybridized carbons (Fsp3) is 0.448. The van der Waals surface area contributed by atoms with Crippen molar-refractivity contribution >= 4 is 23.6 Å². The molecule has 1 aliphatic heterocycles. The molecule has 40 heavy (non-hydrogen) atoms. The first-order valence-electron chi connectivity index (χ1n) is 13.4. The number of rotatable bonds is 8. The molecule has 0 spiro atoms. The van der Waals surface area contributed by atoms with Crippen LogP contribution in [0.1, 0.15) is 43.5 Å². The molecular weight excluding hydrogens is 516 g/mol. The molecule has 2 atom stereocenters. The van der Waals surface area contributed by atoms with Gasteiger partial charge in [0.2, 0.25) is 17.7 Å². The molecule has 216 valence electrons. The van der Waals surface area contributed by atoms with Crippen molar-refractivity contribution in [3.63, 3.8) is 0 Å². The van der Waals surface area contributed by atoms with E-state index in [2.05, 4.69) is 21.3 Å². The van der Waals surface area contributed by atoms with Crippen molar-refractivity contribution in [2.75, 3.05) is 33.4 Å². The van der Waals surface area contributed by atoms with Gasteiger partial charge in [-0.3, -0.25) is 19.2 Å². The molecule has 0 aliphatic carbocycles. The fourth-order valence-corrected chi connectivity index (χ4v) is 4.09. The van der Waals surface area contributed by atoms with E-state index in [9.17, 15) is 19.2 Å². The predicted octanol–water partition coefficient (Wildman–Crippen LogP) is 1.81. The van der Waals surface area contributed by atoms with Gasteiger partial charge in [0.25, 0.3) is 5.91 Å². The van der Waals surface area contributed by atoms with Crippen molar-refractivity contribution in [3.05, 3.63) is 54.1 Å². The van der Waals surface area contributed by atoms with E-state index in [1.54, 1.807) is 55.6 Å². The Hall–Kier alpha value is -4.28. The average molecular weight is 555 g/mol. The SMILES string of the molecule is COc1ccc(OCCNC(=O)[C@@H]2CC(=O)N[C@@H](CC(C)C)C(=O)NCCCOc3ccccc3C(=O)N2)cc1. The molecule has 11 nitrogen and oxygen atoms in total. The molecule has 2 aromatic carbocycles. The number of fused-ring (bicyclic) bond motifs is 1. The van der Waals surface area contributed by atoms with Crippen LogP contribution >= 0.6 is 0 Å². The van der Waals surface area contributed by atoms with Crippen LogP contribution in [0, 0.1) is 5.92 Å². The molecule has 3 rings (SSSR count). The van der Waals surface area contributed by atoms with Gasteiger partial charge in [0.05, 0.1) is 32.2 Å². The Balaban J connectivity index is 1.72. The predicted molar refractivity (Wildman–Crippen MR) is 148 cm³/mol. The van der Waals surface area contributed by atoms with Gasteiger partial charge in [-0.15, -0.1) is 0 Å². The summed E-state index contributed by atoms with van der Waals surface area (Å²) in [6.45, 7) is 4.81. The summed E-state index contributed by atoms with van der Waals surface area (Å²) in [6.07, 6.45) is 0.570. The highest BCUT2D eigenvalue weighted by molar-refractivity contribution is 6.01. The van der Waals surface area contributed by atoms with Crippen LogP contribution in [0.4, 0.5) is 0 Å². The summed E-state index contributed by atoms with van der Waals surface area (Å²) in [4.78, 5) is 52.1. The van der Waals surface area contributed by atoms with E-state index in [0.717, 1.165) is 0 Å². The monoisotopic (exact) mass is 554 g/mol. The Labute approximate surface area is 234 Å². The van der Waals surface area contributed by atoms with Gasteiger partial charge in [-0.1, -0.05) is 26.0 Å². The van der Waals surface area contributed by atoms with Gasteiger partial charge in [0.15, 0.2) is 0 Å². The zero-order valence-corrected chi connectivity index (χ0v) is 23.2. The van der Waals surface area contributed by atoms with Gasteiger partial charge < -0.3 is 35.5 Å². The third kappa shape index (κ3) is 9.48. The number of hydrogen-bond donors (Lipinski definition) is 4. The molecular formula is C29H38N4O7. The molecule has 1 heterocycles. The van der Waals surface area contributed by atoms with Crippen LogP contribution in [0.15, 0.2) is 48.5 Å². The first-order valence-corrected chi connectivity index (χ1v) is 13.4. The van der Waals surface area contributed by atoms with Gasteiger partial charge in [-0.25, -0.2) is 0 Å². The average Bonchev–Trinajstić information content (AvgIpc) is 2.94. The summed E-state index contributed by atoms with van der Waals surface area (Å²) in [5, 5.41) is 10.9. The molecule has 0 unspecified atom stereocenters. The van der Waals surface area contributed by atoms with Gasteiger partial charge >= 0.3 is 0 Å². The zero-order valence-electron chi connectivity index (χ0n) is 23.2. The summed E-state index contributed by atoms with van der Waals surface area (Å²) in [7, 11) is 1.57. The molecule has 0 bridgehead atoms. The lowest BCUT2D eigenvalue weighted by molar-refractivity contribution is -0.131. The van der Waals surface area contributed by atoms with E-state index in [-0.39, 0.29) is 43.6 Å². The molecule has 0 fully saturated rings. The second kappa shape index (κ2) is 15.3. The first-order chi connectivity index (χ1) is 19.3. The Bertz CT molecular complexity index is 1150. The molecule has 11 heteroatoms. The van der Waals surface area contributed by atoms with E-state index in [4.69, 9.17) is 14.2 Å². The highest BCUT2D eigenvalue weighted by Gasteiger charge is 2.28. The third-order valence-corrected chi connectivity index (χ3v) is 6.11. The highest BCUT2D eigenvalue weighted by atomic mass is 16.5. The third-order valence-electron chi connectivity index (χ3n) is 6.11. The quantitative estimate of drug-likeness (QED) is 0.364. The first kappa shape index (κ1) is 30.3. The van der Waals surface area contributed by atoms with Crippen molar-refractivity contribution in [1.29, 1.82) is 0 Å². The van der Waals surface area contributed by atoms with Crippen LogP contribution < -0.4 is 35.5 Å². The summed E-state index contributed by atoms with van der Waals surface area (Å²) >= 11 is 0. The van der Waals surface area contributed by atoms with Crippen LogP contribution in [0.2, 0.25) is 0 Å². The maximum atomic E-state index is 13.2. The number of methoxy groups -OCH3 is 1. The number of carbonyl (C=O) groups excluding carboxylic acids is 4. The van der Waals surface area contributed by atoms with Crippen LogP contribution in [0.5, 0.6) is 17.2 Å². The van der Waals surface area contributed by atoms with Crippen molar-refractivity contribution in [3.8, 4) is 17.2 Å². The zero-order chi connectivity index (χ0) is 28.9. The fourth-order valence-electron chi connectivity index (χ4n) is 4.09. The maximum absolute atomic E-state index is 13.2. The van der Waals surface area contributed by atoms with Crippen LogP contribution in [0.3, 0.4) is 0 Å². The molecule has 0 saturated carbocycles. The van der Waals surface area contributed by atoms with E-state index in [0.29, 0.717) is 36.6 Å². The minimum atomic E-state index is -1.20. The van der Waals surface area contributed by atoms with Crippen molar-refractivity contribution in [2.24, 2.45) is 5.92 Å². The largest absolute Gasteiger partial charge is 0.497 e. The summed E-state index contributed by atoms with van der Waals surface area (Å²) < 4.78 is 16.6. The van der Waals surface area contributed by atoms with Gasteiger partial charge in [0.1, 0.15) is 35.9 Å². The van der Waals surface area contributed by atoms with E-state index in [1.807, 2.05) is 13.8 Å². The Morgan fingerprint density at radius 1 is 1.05 bits per heavy atom. The standard InChI is InChI=1S/C29H38N4O7/c1-19(2)17-23-28(36)30-13-6-15-40-25-8-5-4-7-22(25)27(35)33-24(18-26(34)32-23)29(37)31-14-16-39-21-11-9-20(38-3)10-12-21/h4-5,7-12,19,23-24H,6,13-18H2,1-3H3,(H,30,36)(H,31,37)(H,32,34)(H,33,35)/t23-,24-/m0/s1. The number of ether oxygens (including phenoxy) is 3. The maximum Gasteiger partial charge on any atom is 0.255 e. The van der Waals surface area contributed by atoms with Gasteiger partial charge in [-0.05, 0) is 55.2 Å². The number of nitrogens with one attached hydrogen (secondary N) is 4. The molecule has 4 amide bonds. The second-order valence-corrected chi connectivity index (χ2v) is 9.78. The molecule has 4 N–H and O–H groups in total. The number of carbonyl (C=O) groups is 4. The van der Waals surface area contributed by atoms with Crippen LogP contribution in [0.25, 0.3) is 0 Å². The molecule has 0 saturated heterocycles. The lowest BCUT2D eigenvalue weighted by Crippen LogP contribution is -2.52. The molecule has 0 aromatic heterocycles. The summed E-state index contributed by atoms with van der Waals surface area (Å²) in [5.74, 6) is -0.179. The number of amides is 4. The van der Waals surface area contributed by atoms with E-state index in [1.165, 1.54) is 0 Å². The lowest BCUT2D eigenvalue weighted by atomic mass is 10.0. The van der Waals surface area contributed by atoms with E-state index >= 15 is 0 Å². The Morgan fingerprint density at radius 3 is 2.50 bits per heavy atom. The molecule has 0 radical (unpaired) electrons. The minimum Gasteiger partial charge on any atom is -0.497 e. The van der Waals surface area contributed by atoms with E-state index < -0.39 is 29.8 Å². The minimum absolute atomic E-state index is 0.136. The van der Waals surface area contributed by atoms with Gasteiger partial charge in [-0.2, -0.15) is 0 Å². The summed E-state index contributed by atoms with van der Waals surface area (Å²) in [6, 6.07) is 11.7. The Kier molecular flexibility index (Phi) is 11.6. The second-order valence-electron chi connectivity index (χ2n) is 9.78. The van der Waals surface area contributed by atoms with Crippen molar-refractivity contribution < 1.29 is 33.4 Å². The normalized spacial score (nSPS) is 18.6. The Morgan fingerprint density at radius 2 is 1.77 bits per heavy atom. The molecule has 1 aliphatic rings. The van der Waals surface area contributed by atoms with Crippen molar-refractivity contribution in [2.45, 2.75) is 45.2 Å². The smallest absolute Gasteiger partial charge is 0.255 e.